The highest BCUT2D eigenvalue weighted by Crippen LogP contribution is 2.40. The molecule has 1 aromatic carbocycles. The summed E-state index contributed by atoms with van der Waals surface area (Å²) in [5, 5.41) is 12.2. The predicted molar refractivity (Wildman–Crippen MR) is 73.1 cm³/mol. The summed E-state index contributed by atoms with van der Waals surface area (Å²) in [6, 6.07) is 7.82. The number of nitrogens with one attached hydrogen (secondary N) is 1. The first-order valence-electron chi connectivity index (χ1n) is 6.72. The number of carbonyl (C=O) groups excluding carboxylic acids is 1. The lowest BCUT2D eigenvalue weighted by Crippen LogP contribution is -2.48. The molecule has 0 atom stereocenters. The van der Waals surface area contributed by atoms with Crippen LogP contribution in [0.15, 0.2) is 24.3 Å². The minimum atomic E-state index is -0.500. The van der Waals surface area contributed by atoms with Gasteiger partial charge in [-0.3, -0.25) is 4.79 Å². The summed E-state index contributed by atoms with van der Waals surface area (Å²) in [4.78, 5) is 12.0. The molecule has 4 nitrogen and oxygen atoms in total. The smallest absolute Gasteiger partial charge is 0.228 e. The molecule has 0 aromatic heterocycles. The van der Waals surface area contributed by atoms with Gasteiger partial charge in [0.05, 0.1) is 19.1 Å². The zero-order valence-corrected chi connectivity index (χ0v) is 11.3. The Labute approximate surface area is 113 Å². The van der Waals surface area contributed by atoms with E-state index in [0.717, 1.165) is 37.0 Å². The molecule has 0 heterocycles. The van der Waals surface area contributed by atoms with Gasteiger partial charge in [0.2, 0.25) is 5.91 Å². The molecular formula is C15H21NO3. The molecule has 0 aliphatic heterocycles. The van der Waals surface area contributed by atoms with Crippen LogP contribution in [0.4, 0.5) is 0 Å². The molecule has 0 saturated heterocycles. The lowest BCUT2D eigenvalue weighted by molar-refractivity contribution is -0.139. The van der Waals surface area contributed by atoms with Crippen LogP contribution in [-0.4, -0.2) is 31.3 Å². The lowest BCUT2D eigenvalue weighted by atomic mass is 9.68. The summed E-state index contributed by atoms with van der Waals surface area (Å²) in [6.45, 7) is 0.564. The molecule has 0 radical (unpaired) electrons. The number of aliphatic hydroxyl groups is 1. The van der Waals surface area contributed by atoms with Gasteiger partial charge < -0.3 is 15.2 Å². The number of aliphatic hydroxyl groups excluding tert-OH is 1. The molecule has 2 N–H and O–H groups in total. The summed E-state index contributed by atoms with van der Waals surface area (Å²) < 4.78 is 5.10. The summed E-state index contributed by atoms with van der Waals surface area (Å²) in [5.41, 5.74) is 0.660. The Morgan fingerprint density at radius 2 is 2.05 bits per heavy atom. The lowest BCUT2D eigenvalue weighted by Gasteiger charge is -2.38. The van der Waals surface area contributed by atoms with E-state index in [2.05, 4.69) is 5.32 Å². The first-order chi connectivity index (χ1) is 9.20. The van der Waals surface area contributed by atoms with Crippen LogP contribution >= 0.6 is 0 Å². The van der Waals surface area contributed by atoms with E-state index >= 15 is 0 Å². The van der Waals surface area contributed by atoms with Gasteiger partial charge in [-0.2, -0.15) is 0 Å². The van der Waals surface area contributed by atoms with Crippen molar-refractivity contribution in [1.82, 2.24) is 5.32 Å². The standard InChI is InChI=1S/C15H21NO3/c1-19-13-5-3-12(4-6-13)7-10-16-14(18)15(11-17)8-2-9-15/h3-6,17H,2,7-11H2,1H3,(H,16,18). The third kappa shape index (κ3) is 3.07. The summed E-state index contributed by atoms with van der Waals surface area (Å²) in [6.07, 6.45) is 3.43. The first kappa shape index (κ1) is 13.9. The monoisotopic (exact) mass is 263 g/mol. The van der Waals surface area contributed by atoms with Crippen molar-refractivity contribution in [3.05, 3.63) is 29.8 Å². The second kappa shape index (κ2) is 6.06. The van der Waals surface area contributed by atoms with Crippen LogP contribution in [0.1, 0.15) is 24.8 Å². The van der Waals surface area contributed by atoms with Gasteiger partial charge in [0, 0.05) is 6.54 Å². The van der Waals surface area contributed by atoms with Crippen molar-refractivity contribution < 1.29 is 14.6 Å². The van der Waals surface area contributed by atoms with Crippen LogP contribution in [0.3, 0.4) is 0 Å². The van der Waals surface area contributed by atoms with Crippen LogP contribution < -0.4 is 10.1 Å². The van der Waals surface area contributed by atoms with Crippen LogP contribution in [0.5, 0.6) is 5.75 Å². The number of ether oxygens (including phenoxy) is 1. The maximum atomic E-state index is 12.0. The zero-order chi connectivity index (χ0) is 13.7. The minimum Gasteiger partial charge on any atom is -0.497 e. The van der Waals surface area contributed by atoms with Crippen molar-refractivity contribution in [3.8, 4) is 5.75 Å². The van der Waals surface area contributed by atoms with E-state index in [0.29, 0.717) is 6.54 Å². The molecule has 4 heteroatoms. The molecule has 19 heavy (non-hydrogen) atoms. The maximum Gasteiger partial charge on any atom is 0.228 e. The number of amides is 1. The first-order valence-corrected chi connectivity index (χ1v) is 6.72. The molecule has 1 amide bonds. The van der Waals surface area contributed by atoms with Crippen LogP contribution in [-0.2, 0) is 11.2 Å². The Morgan fingerprint density at radius 3 is 2.53 bits per heavy atom. The van der Waals surface area contributed by atoms with Crippen molar-refractivity contribution in [3.63, 3.8) is 0 Å². The fraction of sp³-hybridized carbons (Fsp3) is 0.533. The van der Waals surface area contributed by atoms with Gasteiger partial charge in [-0.1, -0.05) is 18.6 Å². The van der Waals surface area contributed by atoms with Gasteiger partial charge in [0.25, 0.3) is 0 Å². The highest BCUT2D eigenvalue weighted by atomic mass is 16.5. The van der Waals surface area contributed by atoms with E-state index in [4.69, 9.17) is 4.74 Å². The summed E-state index contributed by atoms with van der Waals surface area (Å²) in [7, 11) is 1.64. The fourth-order valence-electron chi connectivity index (χ4n) is 2.36. The normalized spacial score (nSPS) is 16.5. The highest BCUT2D eigenvalue weighted by Gasteiger charge is 2.43. The van der Waals surface area contributed by atoms with Crippen molar-refractivity contribution in [2.24, 2.45) is 5.41 Å². The van der Waals surface area contributed by atoms with Crippen molar-refractivity contribution in [2.75, 3.05) is 20.3 Å². The summed E-state index contributed by atoms with van der Waals surface area (Å²) in [5.74, 6) is 0.830. The van der Waals surface area contributed by atoms with E-state index < -0.39 is 5.41 Å². The molecule has 104 valence electrons. The van der Waals surface area contributed by atoms with Gasteiger partial charge >= 0.3 is 0 Å². The number of benzene rings is 1. The predicted octanol–water partition coefficient (Wildman–Crippen LogP) is 1.52. The Morgan fingerprint density at radius 1 is 1.37 bits per heavy atom. The minimum absolute atomic E-state index is 0.00485. The average molecular weight is 263 g/mol. The topological polar surface area (TPSA) is 58.6 Å². The second-order valence-corrected chi connectivity index (χ2v) is 5.15. The van der Waals surface area contributed by atoms with E-state index in [1.165, 1.54) is 0 Å². The molecule has 2 rings (SSSR count). The highest BCUT2D eigenvalue weighted by molar-refractivity contribution is 5.83. The molecule has 1 fully saturated rings. The second-order valence-electron chi connectivity index (χ2n) is 5.15. The SMILES string of the molecule is COc1ccc(CCNC(=O)C2(CO)CCC2)cc1. The quantitative estimate of drug-likeness (QED) is 0.818. The summed E-state index contributed by atoms with van der Waals surface area (Å²) >= 11 is 0. The van der Waals surface area contributed by atoms with Gasteiger partial charge in [-0.05, 0) is 37.0 Å². The van der Waals surface area contributed by atoms with Gasteiger partial charge in [-0.15, -0.1) is 0 Å². The third-order valence-corrected chi connectivity index (χ3v) is 3.95. The van der Waals surface area contributed by atoms with E-state index in [1.54, 1.807) is 7.11 Å². The average Bonchev–Trinajstić information content (AvgIpc) is 2.39. The van der Waals surface area contributed by atoms with Crippen LogP contribution in [0.25, 0.3) is 0 Å². The molecular weight excluding hydrogens is 242 g/mol. The molecule has 1 aliphatic rings. The number of hydrogen-bond acceptors (Lipinski definition) is 3. The Bertz CT molecular complexity index is 418. The van der Waals surface area contributed by atoms with E-state index in [-0.39, 0.29) is 12.5 Å². The third-order valence-electron chi connectivity index (χ3n) is 3.95. The Hall–Kier alpha value is -1.55. The van der Waals surface area contributed by atoms with Crippen LogP contribution in [0.2, 0.25) is 0 Å². The number of rotatable bonds is 6. The molecule has 1 aliphatic carbocycles. The maximum absolute atomic E-state index is 12.0. The van der Waals surface area contributed by atoms with E-state index in [1.807, 2.05) is 24.3 Å². The van der Waals surface area contributed by atoms with Gasteiger partial charge in [0.15, 0.2) is 0 Å². The Kier molecular flexibility index (Phi) is 4.43. The van der Waals surface area contributed by atoms with Crippen molar-refractivity contribution in [2.45, 2.75) is 25.7 Å². The molecule has 0 unspecified atom stereocenters. The number of hydrogen-bond donors (Lipinski definition) is 2. The molecule has 1 saturated carbocycles. The fourth-order valence-corrected chi connectivity index (χ4v) is 2.36. The number of carbonyl (C=O) groups is 1. The molecule has 0 spiro atoms. The Balaban J connectivity index is 1.78. The van der Waals surface area contributed by atoms with Gasteiger partial charge in [0.1, 0.15) is 5.75 Å². The largest absolute Gasteiger partial charge is 0.497 e. The van der Waals surface area contributed by atoms with Gasteiger partial charge in [-0.25, -0.2) is 0 Å². The number of methoxy groups -OCH3 is 1. The molecule has 0 bridgehead atoms. The van der Waals surface area contributed by atoms with Crippen molar-refractivity contribution >= 4 is 5.91 Å². The van der Waals surface area contributed by atoms with E-state index in [9.17, 15) is 9.90 Å². The van der Waals surface area contributed by atoms with Crippen molar-refractivity contribution in [1.29, 1.82) is 0 Å². The zero-order valence-electron chi connectivity index (χ0n) is 11.3. The van der Waals surface area contributed by atoms with Crippen LogP contribution in [0, 0.1) is 5.41 Å². The molecule has 1 aromatic rings.